The summed E-state index contributed by atoms with van der Waals surface area (Å²) < 4.78 is 1.75. The Bertz CT molecular complexity index is 850. The van der Waals surface area contributed by atoms with Crippen LogP contribution in [0.3, 0.4) is 0 Å². The van der Waals surface area contributed by atoms with Crippen molar-refractivity contribution in [2.24, 2.45) is 12.0 Å². The van der Waals surface area contributed by atoms with Gasteiger partial charge in [0.1, 0.15) is 12.2 Å². The van der Waals surface area contributed by atoms with Crippen LogP contribution >= 0.6 is 24.0 Å². The first kappa shape index (κ1) is 19.2. The van der Waals surface area contributed by atoms with Gasteiger partial charge >= 0.3 is 0 Å². The van der Waals surface area contributed by atoms with Crippen molar-refractivity contribution in [2.45, 2.75) is 19.9 Å². The molecule has 0 aliphatic heterocycles. The summed E-state index contributed by atoms with van der Waals surface area (Å²) in [5.74, 6) is 1.62. The molecule has 0 bridgehead atoms. The van der Waals surface area contributed by atoms with Crippen LogP contribution in [0, 0.1) is 6.92 Å². The lowest BCUT2D eigenvalue weighted by Crippen LogP contribution is -2.38. The van der Waals surface area contributed by atoms with Crippen LogP contribution in [0.2, 0.25) is 0 Å². The standard InChI is InChI=1S/C17H23N7.HI/c1-12-5-4-6-14-16(12)13(9-20-14)7-8-19-17(18-2)21-10-15-22-11-23-24(15)3;/h4-6,9,11,20H,7-8,10H2,1-3H3,(H2,18,19,21);1H. The van der Waals surface area contributed by atoms with E-state index < -0.39 is 0 Å². The van der Waals surface area contributed by atoms with E-state index in [1.54, 1.807) is 18.1 Å². The van der Waals surface area contributed by atoms with Crippen LogP contribution in [0.1, 0.15) is 17.0 Å². The van der Waals surface area contributed by atoms with Crippen LogP contribution in [-0.2, 0) is 20.0 Å². The van der Waals surface area contributed by atoms with Crippen molar-refractivity contribution in [2.75, 3.05) is 13.6 Å². The highest BCUT2D eigenvalue weighted by Crippen LogP contribution is 2.22. The molecule has 8 heteroatoms. The van der Waals surface area contributed by atoms with Crippen molar-refractivity contribution >= 4 is 40.8 Å². The number of aliphatic imine (C=N–C) groups is 1. The SMILES string of the molecule is CN=C(NCCc1c[nH]c2cccc(C)c12)NCc1ncnn1C.I. The van der Waals surface area contributed by atoms with E-state index in [9.17, 15) is 0 Å². The van der Waals surface area contributed by atoms with E-state index in [1.807, 2.05) is 7.05 Å². The number of benzene rings is 1. The molecular weight excluding hydrogens is 429 g/mol. The molecule has 134 valence electrons. The summed E-state index contributed by atoms with van der Waals surface area (Å²) in [6.07, 6.45) is 4.57. The van der Waals surface area contributed by atoms with E-state index in [2.05, 4.69) is 62.0 Å². The van der Waals surface area contributed by atoms with Crippen LogP contribution in [-0.4, -0.2) is 39.3 Å². The Balaban J connectivity index is 0.00000225. The minimum atomic E-state index is 0. The van der Waals surface area contributed by atoms with Gasteiger partial charge in [-0.2, -0.15) is 5.10 Å². The lowest BCUT2D eigenvalue weighted by atomic mass is 10.1. The highest BCUT2D eigenvalue weighted by atomic mass is 127. The Kier molecular flexibility index (Phi) is 6.80. The fourth-order valence-corrected chi connectivity index (χ4v) is 2.83. The van der Waals surface area contributed by atoms with Gasteiger partial charge in [-0.1, -0.05) is 12.1 Å². The monoisotopic (exact) mass is 453 g/mol. The first-order valence-corrected chi connectivity index (χ1v) is 8.02. The second-order valence-electron chi connectivity index (χ2n) is 5.71. The quantitative estimate of drug-likeness (QED) is 0.314. The molecular formula is C17H24IN7. The van der Waals surface area contributed by atoms with Gasteiger partial charge in [0.25, 0.3) is 0 Å². The minimum absolute atomic E-state index is 0. The van der Waals surface area contributed by atoms with Crippen LogP contribution in [0.5, 0.6) is 0 Å². The maximum atomic E-state index is 4.25. The fraction of sp³-hybridized carbons (Fsp3) is 0.353. The molecule has 2 aromatic heterocycles. The predicted octanol–water partition coefficient (Wildman–Crippen LogP) is 2.13. The third-order valence-electron chi connectivity index (χ3n) is 4.13. The molecule has 3 rings (SSSR count). The Morgan fingerprint density at radius 3 is 2.88 bits per heavy atom. The molecule has 0 saturated carbocycles. The van der Waals surface area contributed by atoms with Gasteiger partial charge in [-0.05, 0) is 30.5 Å². The normalized spacial score (nSPS) is 11.4. The van der Waals surface area contributed by atoms with Crippen molar-refractivity contribution in [3.05, 3.63) is 47.7 Å². The minimum Gasteiger partial charge on any atom is -0.361 e. The van der Waals surface area contributed by atoms with E-state index in [-0.39, 0.29) is 24.0 Å². The number of guanidine groups is 1. The van der Waals surface area contributed by atoms with Gasteiger partial charge in [-0.15, -0.1) is 24.0 Å². The summed E-state index contributed by atoms with van der Waals surface area (Å²) in [5.41, 5.74) is 3.81. The van der Waals surface area contributed by atoms with Crippen LogP contribution < -0.4 is 10.6 Å². The Hall–Kier alpha value is -2.10. The molecule has 0 aliphatic carbocycles. The molecule has 25 heavy (non-hydrogen) atoms. The smallest absolute Gasteiger partial charge is 0.191 e. The Morgan fingerprint density at radius 1 is 1.32 bits per heavy atom. The van der Waals surface area contributed by atoms with Crippen LogP contribution in [0.4, 0.5) is 0 Å². The Labute approximate surface area is 164 Å². The number of H-pyrrole nitrogens is 1. The van der Waals surface area contributed by atoms with E-state index in [0.717, 1.165) is 24.7 Å². The number of hydrogen-bond acceptors (Lipinski definition) is 3. The van der Waals surface area contributed by atoms with Crippen LogP contribution in [0.25, 0.3) is 10.9 Å². The maximum Gasteiger partial charge on any atom is 0.191 e. The molecule has 2 heterocycles. The predicted molar refractivity (Wildman–Crippen MR) is 111 cm³/mol. The molecule has 0 spiro atoms. The van der Waals surface area contributed by atoms with Gasteiger partial charge in [0, 0.05) is 37.7 Å². The van der Waals surface area contributed by atoms with Gasteiger partial charge in [-0.3, -0.25) is 9.67 Å². The molecule has 3 aromatic rings. The molecule has 0 aliphatic rings. The highest BCUT2D eigenvalue weighted by molar-refractivity contribution is 14.0. The molecule has 0 unspecified atom stereocenters. The van der Waals surface area contributed by atoms with E-state index in [1.165, 1.54) is 22.0 Å². The van der Waals surface area contributed by atoms with Crippen molar-refractivity contribution in [3.63, 3.8) is 0 Å². The molecule has 0 atom stereocenters. The summed E-state index contributed by atoms with van der Waals surface area (Å²) in [4.78, 5) is 11.8. The Morgan fingerprint density at radius 2 is 2.16 bits per heavy atom. The number of hydrogen-bond donors (Lipinski definition) is 3. The zero-order valence-electron chi connectivity index (χ0n) is 14.7. The summed E-state index contributed by atoms with van der Waals surface area (Å²) in [6.45, 7) is 3.54. The van der Waals surface area contributed by atoms with Gasteiger partial charge in [0.2, 0.25) is 0 Å². The van der Waals surface area contributed by atoms with E-state index in [0.29, 0.717) is 6.54 Å². The molecule has 7 nitrogen and oxygen atoms in total. The number of aromatic nitrogens is 4. The number of nitrogens with one attached hydrogen (secondary N) is 3. The topological polar surface area (TPSA) is 82.9 Å². The summed E-state index contributed by atoms with van der Waals surface area (Å²) in [6, 6.07) is 6.34. The molecule has 0 fully saturated rings. The molecule has 1 aromatic carbocycles. The number of fused-ring (bicyclic) bond motifs is 1. The van der Waals surface area contributed by atoms with Crippen molar-refractivity contribution in [1.82, 2.24) is 30.4 Å². The lowest BCUT2D eigenvalue weighted by Gasteiger charge is -2.11. The van der Waals surface area contributed by atoms with Gasteiger partial charge in [0.05, 0.1) is 6.54 Å². The number of rotatable bonds is 5. The lowest BCUT2D eigenvalue weighted by molar-refractivity contribution is 0.672. The van der Waals surface area contributed by atoms with E-state index >= 15 is 0 Å². The summed E-state index contributed by atoms with van der Waals surface area (Å²) >= 11 is 0. The zero-order chi connectivity index (χ0) is 16.9. The average molecular weight is 453 g/mol. The number of aromatic amines is 1. The molecule has 0 saturated heterocycles. The largest absolute Gasteiger partial charge is 0.361 e. The molecule has 3 N–H and O–H groups in total. The number of aryl methyl sites for hydroxylation is 2. The molecule has 0 amide bonds. The maximum absolute atomic E-state index is 4.25. The highest BCUT2D eigenvalue weighted by Gasteiger charge is 2.07. The third kappa shape index (κ3) is 4.50. The van der Waals surface area contributed by atoms with Crippen molar-refractivity contribution in [1.29, 1.82) is 0 Å². The van der Waals surface area contributed by atoms with Crippen molar-refractivity contribution in [3.8, 4) is 0 Å². The van der Waals surface area contributed by atoms with Crippen LogP contribution in [0.15, 0.2) is 35.7 Å². The second-order valence-corrected chi connectivity index (χ2v) is 5.71. The first-order chi connectivity index (χ1) is 11.7. The zero-order valence-corrected chi connectivity index (χ0v) is 17.0. The first-order valence-electron chi connectivity index (χ1n) is 8.02. The summed E-state index contributed by atoms with van der Waals surface area (Å²) in [5, 5.41) is 12.0. The molecule has 0 radical (unpaired) electrons. The third-order valence-corrected chi connectivity index (χ3v) is 4.13. The van der Waals surface area contributed by atoms with Crippen molar-refractivity contribution < 1.29 is 0 Å². The van der Waals surface area contributed by atoms with Gasteiger partial charge < -0.3 is 15.6 Å². The van der Waals surface area contributed by atoms with Gasteiger partial charge in [-0.25, -0.2) is 4.98 Å². The fourth-order valence-electron chi connectivity index (χ4n) is 2.83. The average Bonchev–Trinajstić information content (AvgIpc) is 3.18. The van der Waals surface area contributed by atoms with E-state index in [4.69, 9.17) is 0 Å². The van der Waals surface area contributed by atoms with Gasteiger partial charge in [0.15, 0.2) is 5.96 Å². The summed E-state index contributed by atoms with van der Waals surface area (Å²) in [7, 11) is 3.64. The number of nitrogens with zero attached hydrogens (tertiary/aromatic N) is 4. The second kappa shape index (κ2) is 8.84. The number of halogens is 1.